The number of aromatic nitrogens is 2. The Labute approximate surface area is 169 Å². The SMILES string of the molecule is COc1cc(NC(=O)c2ccc(N(C)c3ccccc3)nn2)cc(OC)c1OC. The number of nitrogens with one attached hydrogen (secondary N) is 1. The van der Waals surface area contributed by atoms with Gasteiger partial charge in [-0.15, -0.1) is 10.2 Å². The molecule has 8 nitrogen and oxygen atoms in total. The highest BCUT2D eigenvalue weighted by Gasteiger charge is 2.16. The van der Waals surface area contributed by atoms with Gasteiger partial charge >= 0.3 is 0 Å². The summed E-state index contributed by atoms with van der Waals surface area (Å²) in [7, 11) is 6.42. The fourth-order valence-corrected chi connectivity index (χ4v) is 2.76. The molecule has 0 spiro atoms. The molecule has 3 rings (SSSR count). The van der Waals surface area contributed by atoms with Crippen LogP contribution in [0.3, 0.4) is 0 Å². The van der Waals surface area contributed by atoms with Crippen LogP contribution >= 0.6 is 0 Å². The number of hydrogen-bond donors (Lipinski definition) is 1. The van der Waals surface area contributed by atoms with Gasteiger partial charge in [0.15, 0.2) is 23.0 Å². The van der Waals surface area contributed by atoms with E-state index in [0.717, 1.165) is 5.69 Å². The van der Waals surface area contributed by atoms with E-state index >= 15 is 0 Å². The average Bonchev–Trinajstić information content (AvgIpc) is 2.78. The Morgan fingerprint density at radius 3 is 2.07 bits per heavy atom. The topological polar surface area (TPSA) is 85.8 Å². The monoisotopic (exact) mass is 394 g/mol. The fraction of sp³-hybridized carbons (Fsp3) is 0.190. The molecule has 0 radical (unpaired) electrons. The second kappa shape index (κ2) is 8.92. The van der Waals surface area contributed by atoms with Crippen molar-refractivity contribution in [1.82, 2.24) is 10.2 Å². The smallest absolute Gasteiger partial charge is 0.276 e. The van der Waals surface area contributed by atoms with Gasteiger partial charge in [0, 0.05) is 30.6 Å². The number of methoxy groups -OCH3 is 3. The maximum atomic E-state index is 12.6. The first-order valence-electron chi connectivity index (χ1n) is 8.81. The van der Waals surface area contributed by atoms with E-state index in [2.05, 4.69) is 15.5 Å². The molecule has 0 saturated heterocycles. The second-order valence-corrected chi connectivity index (χ2v) is 6.04. The first-order chi connectivity index (χ1) is 14.1. The van der Waals surface area contributed by atoms with Crippen molar-refractivity contribution in [2.45, 2.75) is 0 Å². The molecule has 1 N–H and O–H groups in total. The van der Waals surface area contributed by atoms with Crippen LogP contribution in [0.1, 0.15) is 10.5 Å². The third-order valence-electron chi connectivity index (χ3n) is 4.29. The van der Waals surface area contributed by atoms with Crippen LogP contribution in [0, 0.1) is 0 Å². The lowest BCUT2D eigenvalue weighted by molar-refractivity contribution is 0.102. The van der Waals surface area contributed by atoms with Crippen molar-refractivity contribution in [2.75, 3.05) is 38.6 Å². The third-order valence-corrected chi connectivity index (χ3v) is 4.29. The molecule has 8 heteroatoms. The van der Waals surface area contributed by atoms with Gasteiger partial charge in [-0.25, -0.2) is 0 Å². The number of para-hydroxylation sites is 1. The van der Waals surface area contributed by atoms with Gasteiger partial charge in [-0.05, 0) is 24.3 Å². The molecular formula is C21H22N4O4. The summed E-state index contributed by atoms with van der Waals surface area (Å²) in [5, 5.41) is 11.0. The van der Waals surface area contributed by atoms with Gasteiger partial charge in [0.05, 0.1) is 21.3 Å². The minimum atomic E-state index is -0.402. The van der Waals surface area contributed by atoms with Crippen molar-refractivity contribution >= 4 is 23.1 Å². The molecule has 0 unspecified atom stereocenters. The van der Waals surface area contributed by atoms with Crippen LogP contribution in [0.5, 0.6) is 17.2 Å². The van der Waals surface area contributed by atoms with Gasteiger partial charge in [-0.3, -0.25) is 4.79 Å². The highest BCUT2D eigenvalue weighted by atomic mass is 16.5. The number of rotatable bonds is 7. The van der Waals surface area contributed by atoms with Crippen LogP contribution in [-0.4, -0.2) is 44.5 Å². The van der Waals surface area contributed by atoms with E-state index in [0.29, 0.717) is 28.8 Å². The number of ether oxygens (including phenoxy) is 3. The van der Waals surface area contributed by atoms with Gasteiger partial charge < -0.3 is 24.4 Å². The largest absolute Gasteiger partial charge is 0.493 e. The molecule has 0 bridgehead atoms. The van der Waals surface area contributed by atoms with E-state index in [9.17, 15) is 4.79 Å². The van der Waals surface area contributed by atoms with Crippen molar-refractivity contribution in [3.05, 3.63) is 60.3 Å². The van der Waals surface area contributed by atoms with E-state index in [4.69, 9.17) is 14.2 Å². The Morgan fingerprint density at radius 1 is 0.897 bits per heavy atom. The van der Waals surface area contributed by atoms with Crippen LogP contribution in [0.4, 0.5) is 17.2 Å². The Kier molecular flexibility index (Phi) is 6.13. The minimum Gasteiger partial charge on any atom is -0.493 e. The Bertz CT molecular complexity index is 953. The van der Waals surface area contributed by atoms with Crippen LogP contribution < -0.4 is 24.4 Å². The summed E-state index contributed by atoms with van der Waals surface area (Å²) in [5.74, 6) is 1.54. The lowest BCUT2D eigenvalue weighted by Gasteiger charge is -2.17. The van der Waals surface area contributed by atoms with Crippen molar-refractivity contribution < 1.29 is 19.0 Å². The molecule has 3 aromatic rings. The van der Waals surface area contributed by atoms with Gasteiger partial charge in [-0.2, -0.15) is 0 Å². The number of anilines is 3. The quantitative estimate of drug-likeness (QED) is 0.656. The highest BCUT2D eigenvalue weighted by molar-refractivity contribution is 6.03. The van der Waals surface area contributed by atoms with Gasteiger partial charge in [-0.1, -0.05) is 18.2 Å². The molecular weight excluding hydrogens is 372 g/mol. The number of carbonyl (C=O) groups is 1. The first-order valence-corrected chi connectivity index (χ1v) is 8.81. The zero-order valence-electron chi connectivity index (χ0n) is 16.7. The predicted molar refractivity (Wildman–Crippen MR) is 111 cm³/mol. The number of nitrogens with zero attached hydrogens (tertiary/aromatic N) is 3. The molecule has 1 aromatic heterocycles. The van der Waals surface area contributed by atoms with E-state index < -0.39 is 5.91 Å². The molecule has 0 saturated carbocycles. The zero-order valence-corrected chi connectivity index (χ0v) is 16.7. The number of carbonyl (C=O) groups excluding carboxylic acids is 1. The minimum absolute atomic E-state index is 0.184. The maximum absolute atomic E-state index is 12.6. The van der Waals surface area contributed by atoms with Crippen molar-refractivity contribution in [3.8, 4) is 17.2 Å². The van der Waals surface area contributed by atoms with Gasteiger partial charge in [0.25, 0.3) is 5.91 Å². The lowest BCUT2D eigenvalue weighted by atomic mass is 10.2. The summed E-state index contributed by atoms with van der Waals surface area (Å²) in [6, 6.07) is 16.4. The first kappa shape index (κ1) is 19.9. The Balaban J connectivity index is 1.78. The van der Waals surface area contributed by atoms with E-state index in [-0.39, 0.29) is 5.69 Å². The number of benzene rings is 2. The standard InChI is InChI=1S/C21H22N4O4/c1-25(15-8-6-5-7-9-15)19-11-10-16(23-24-19)21(26)22-14-12-17(27-2)20(29-4)18(13-14)28-3/h5-13H,1-4H3,(H,22,26). The molecule has 1 amide bonds. The molecule has 0 atom stereocenters. The summed E-state index contributed by atoms with van der Waals surface area (Å²) in [5.41, 5.74) is 1.64. The number of hydrogen-bond acceptors (Lipinski definition) is 7. The van der Waals surface area contributed by atoms with Crippen molar-refractivity contribution in [1.29, 1.82) is 0 Å². The van der Waals surface area contributed by atoms with E-state index in [1.54, 1.807) is 24.3 Å². The summed E-state index contributed by atoms with van der Waals surface area (Å²) >= 11 is 0. The van der Waals surface area contributed by atoms with Crippen LogP contribution in [0.2, 0.25) is 0 Å². The van der Waals surface area contributed by atoms with Crippen LogP contribution in [-0.2, 0) is 0 Å². The normalized spacial score (nSPS) is 10.2. The molecule has 0 aliphatic heterocycles. The second-order valence-electron chi connectivity index (χ2n) is 6.04. The van der Waals surface area contributed by atoms with Crippen molar-refractivity contribution in [3.63, 3.8) is 0 Å². The molecule has 0 aliphatic rings. The van der Waals surface area contributed by atoms with Gasteiger partial charge in [0.2, 0.25) is 5.75 Å². The molecule has 0 fully saturated rings. The number of amides is 1. The molecule has 0 aliphatic carbocycles. The van der Waals surface area contributed by atoms with Gasteiger partial charge in [0.1, 0.15) is 0 Å². The van der Waals surface area contributed by atoms with Crippen LogP contribution in [0.15, 0.2) is 54.6 Å². The Hall–Kier alpha value is -3.81. The highest BCUT2D eigenvalue weighted by Crippen LogP contribution is 2.40. The average molecular weight is 394 g/mol. The Morgan fingerprint density at radius 2 is 1.55 bits per heavy atom. The molecule has 29 heavy (non-hydrogen) atoms. The van der Waals surface area contributed by atoms with E-state index in [1.807, 2.05) is 42.3 Å². The molecule has 150 valence electrons. The summed E-state index contributed by atoms with van der Waals surface area (Å²) in [4.78, 5) is 14.5. The summed E-state index contributed by atoms with van der Waals surface area (Å²) in [6.45, 7) is 0. The predicted octanol–water partition coefficient (Wildman–Crippen LogP) is 3.52. The maximum Gasteiger partial charge on any atom is 0.276 e. The van der Waals surface area contributed by atoms with Crippen molar-refractivity contribution in [2.24, 2.45) is 0 Å². The molecule has 1 heterocycles. The zero-order chi connectivity index (χ0) is 20.8. The third kappa shape index (κ3) is 4.37. The summed E-state index contributed by atoms with van der Waals surface area (Å²) in [6.07, 6.45) is 0. The lowest BCUT2D eigenvalue weighted by Crippen LogP contribution is -2.17. The summed E-state index contributed by atoms with van der Waals surface area (Å²) < 4.78 is 15.9. The molecule has 2 aromatic carbocycles. The fourth-order valence-electron chi connectivity index (χ4n) is 2.76. The van der Waals surface area contributed by atoms with Crippen LogP contribution in [0.25, 0.3) is 0 Å². The van der Waals surface area contributed by atoms with E-state index in [1.165, 1.54) is 21.3 Å².